The standard InChI is InChI=1S/C8H9F3N2O/c1-14-6-2-4(7(9)10)5(3-12)8(11)13-6/h2,7H,3,12H2,1H3. The van der Waals surface area contributed by atoms with Gasteiger partial charge in [0.1, 0.15) is 0 Å². The molecule has 1 heterocycles. The fraction of sp³-hybridized carbons (Fsp3) is 0.375. The van der Waals surface area contributed by atoms with E-state index in [-0.39, 0.29) is 18.0 Å². The van der Waals surface area contributed by atoms with E-state index in [0.717, 1.165) is 6.07 Å². The summed E-state index contributed by atoms with van der Waals surface area (Å²) in [6, 6.07) is 0.982. The topological polar surface area (TPSA) is 48.1 Å². The van der Waals surface area contributed by atoms with E-state index in [2.05, 4.69) is 9.72 Å². The number of nitrogens with zero attached hydrogens (tertiary/aromatic N) is 1. The highest BCUT2D eigenvalue weighted by molar-refractivity contribution is 5.31. The molecule has 0 saturated heterocycles. The Morgan fingerprint density at radius 2 is 2.21 bits per heavy atom. The van der Waals surface area contributed by atoms with E-state index in [1.807, 2.05) is 0 Å². The van der Waals surface area contributed by atoms with E-state index < -0.39 is 17.9 Å². The predicted molar refractivity (Wildman–Crippen MR) is 43.6 cm³/mol. The zero-order chi connectivity index (χ0) is 10.7. The van der Waals surface area contributed by atoms with Gasteiger partial charge in [-0.05, 0) is 0 Å². The fourth-order valence-electron chi connectivity index (χ4n) is 1.04. The molecule has 0 aliphatic rings. The van der Waals surface area contributed by atoms with Crippen LogP contribution in [0.3, 0.4) is 0 Å². The van der Waals surface area contributed by atoms with Gasteiger partial charge < -0.3 is 10.5 Å². The molecule has 3 nitrogen and oxygen atoms in total. The van der Waals surface area contributed by atoms with E-state index in [1.165, 1.54) is 7.11 Å². The van der Waals surface area contributed by atoms with Crippen molar-refractivity contribution in [2.24, 2.45) is 5.73 Å². The quantitative estimate of drug-likeness (QED) is 0.764. The summed E-state index contributed by atoms with van der Waals surface area (Å²) in [4.78, 5) is 3.30. The van der Waals surface area contributed by atoms with Crippen molar-refractivity contribution in [2.75, 3.05) is 7.11 Å². The molecule has 78 valence electrons. The number of methoxy groups -OCH3 is 1. The summed E-state index contributed by atoms with van der Waals surface area (Å²) in [5.74, 6) is -1.20. The third kappa shape index (κ3) is 1.95. The normalized spacial score (nSPS) is 10.7. The van der Waals surface area contributed by atoms with Crippen LogP contribution >= 0.6 is 0 Å². The molecule has 14 heavy (non-hydrogen) atoms. The van der Waals surface area contributed by atoms with Crippen LogP contribution in [0.1, 0.15) is 17.6 Å². The molecule has 2 N–H and O–H groups in total. The van der Waals surface area contributed by atoms with Gasteiger partial charge in [0.15, 0.2) is 0 Å². The Morgan fingerprint density at radius 3 is 2.64 bits per heavy atom. The van der Waals surface area contributed by atoms with Crippen LogP contribution in [-0.4, -0.2) is 12.1 Å². The van der Waals surface area contributed by atoms with Crippen molar-refractivity contribution >= 4 is 0 Å². The highest BCUT2D eigenvalue weighted by atomic mass is 19.3. The minimum atomic E-state index is -2.79. The molecular formula is C8H9F3N2O. The van der Waals surface area contributed by atoms with Crippen molar-refractivity contribution < 1.29 is 17.9 Å². The van der Waals surface area contributed by atoms with E-state index in [1.54, 1.807) is 0 Å². The molecule has 1 aromatic heterocycles. The van der Waals surface area contributed by atoms with Crippen molar-refractivity contribution in [1.82, 2.24) is 4.98 Å². The van der Waals surface area contributed by atoms with Gasteiger partial charge in [0, 0.05) is 23.7 Å². The zero-order valence-corrected chi connectivity index (χ0v) is 7.43. The molecule has 0 radical (unpaired) electrons. The van der Waals surface area contributed by atoms with Gasteiger partial charge in [-0.25, -0.2) is 8.78 Å². The van der Waals surface area contributed by atoms with Gasteiger partial charge in [0.2, 0.25) is 11.8 Å². The molecule has 0 spiro atoms. The molecule has 1 aromatic rings. The summed E-state index contributed by atoms with van der Waals surface area (Å²) in [7, 11) is 1.22. The minimum Gasteiger partial charge on any atom is -0.481 e. The number of nitrogens with two attached hydrogens (primary N) is 1. The van der Waals surface area contributed by atoms with Gasteiger partial charge in [0.05, 0.1) is 7.11 Å². The molecule has 0 unspecified atom stereocenters. The van der Waals surface area contributed by atoms with Gasteiger partial charge in [-0.2, -0.15) is 9.37 Å². The Bertz CT molecular complexity index is 331. The number of ether oxygens (including phenoxy) is 1. The molecule has 1 rings (SSSR count). The monoisotopic (exact) mass is 206 g/mol. The van der Waals surface area contributed by atoms with Crippen LogP contribution in [0, 0.1) is 5.95 Å². The second kappa shape index (κ2) is 4.28. The number of pyridine rings is 1. The summed E-state index contributed by atoms with van der Waals surface area (Å²) in [6.07, 6.45) is -2.79. The van der Waals surface area contributed by atoms with Crippen molar-refractivity contribution in [3.05, 3.63) is 23.1 Å². The van der Waals surface area contributed by atoms with Gasteiger partial charge in [-0.15, -0.1) is 0 Å². The SMILES string of the molecule is COc1cc(C(F)F)c(CN)c(F)n1. The van der Waals surface area contributed by atoms with Gasteiger partial charge in [0.25, 0.3) is 6.43 Å². The van der Waals surface area contributed by atoms with Crippen molar-refractivity contribution in [1.29, 1.82) is 0 Å². The van der Waals surface area contributed by atoms with Crippen LogP contribution in [0.4, 0.5) is 13.2 Å². The van der Waals surface area contributed by atoms with Crippen LogP contribution in [0.15, 0.2) is 6.07 Å². The number of halogens is 3. The van der Waals surface area contributed by atoms with Crippen molar-refractivity contribution in [2.45, 2.75) is 13.0 Å². The number of rotatable bonds is 3. The van der Waals surface area contributed by atoms with E-state index in [9.17, 15) is 13.2 Å². The summed E-state index contributed by atoms with van der Waals surface area (Å²) in [6.45, 7) is -0.317. The second-order valence-electron chi connectivity index (χ2n) is 2.53. The molecule has 0 atom stereocenters. The molecule has 0 fully saturated rings. The average molecular weight is 206 g/mol. The van der Waals surface area contributed by atoms with Crippen LogP contribution in [-0.2, 0) is 6.54 Å². The first-order valence-electron chi connectivity index (χ1n) is 3.81. The predicted octanol–water partition coefficient (Wildman–Crippen LogP) is 1.63. The number of alkyl halides is 2. The largest absolute Gasteiger partial charge is 0.481 e. The number of aromatic nitrogens is 1. The average Bonchev–Trinajstić information content (AvgIpc) is 2.16. The van der Waals surface area contributed by atoms with Gasteiger partial charge in [-0.3, -0.25) is 0 Å². The zero-order valence-electron chi connectivity index (χ0n) is 7.43. The summed E-state index contributed by atoms with van der Waals surface area (Å²) < 4.78 is 42.4. The van der Waals surface area contributed by atoms with Crippen molar-refractivity contribution in [3.8, 4) is 5.88 Å². The van der Waals surface area contributed by atoms with E-state index in [4.69, 9.17) is 5.73 Å². The summed E-state index contributed by atoms with van der Waals surface area (Å²) >= 11 is 0. The lowest BCUT2D eigenvalue weighted by molar-refractivity contribution is 0.148. The van der Waals surface area contributed by atoms with E-state index in [0.29, 0.717) is 0 Å². The lowest BCUT2D eigenvalue weighted by Gasteiger charge is -2.09. The van der Waals surface area contributed by atoms with Crippen molar-refractivity contribution in [3.63, 3.8) is 0 Å². The first-order valence-corrected chi connectivity index (χ1v) is 3.81. The maximum Gasteiger partial charge on any atom is 0.264 e. The molecular weight excluding hydrogens is 197 g/mol. The molecule has 0 aromatic carbocycles. The lowest BCUT2D eigenvalue weighted by atomic mass is 10.1. The summed E-state index contributed by atoms with van der Waals surface area (Å²) in [5.41, 5.74) is 4.37. The number of hydrogen-bond acceptors (Lipinski definition) is 3. The Kier molecular flexibility index (Phi) is 3.29. The third-order valence-electron chi connectivity index (χ3n) is 1.73. The number of hydrogen-bond donors (Lipinski definition) is 1. The molecule has 0 amide bonds. The first kappa shape index (κ1) is 10.8. The Balaban J connectivity index is 3.28. The van der Waals surface area contributed by atoms with Gasteiger partial charge in [-0.1, -0.05) is 0 Å². The Morgan fingerprint density at radius 1 is 1.57 bits per heavy atom. The van der Waals surface area contributed by atoms with Gasteiger partial charge >= 0.3 is 0 Å². The smallest absolute Gasteiger partial charge is 0.264 e. The van der Waals surface area contributed by atoms with Crippen LogP contribution in [0.25, 0.3) is 0 Å². The molecule has 6 heteroatoms. The highest BCUT2D eigenvalue weighted by Crippen LogP contribution is 2.27. The van der Waals surface area contributed by atoms with Crippen LogP contribution < -0.4 is 10.5 Å². The van der Waals surface area contributed by atoms with E-state index >= 15 is 0 Å². The summed E-state index contributed by atoms with van der Waals surface area (Å²) in [5, 5.41) is 0. The second-order valence-corrected chi connectivity index (χ2v) is 2.53. The highest BCUT2D eigenvalue weighted by Gasteiger charge is 2.18. The van der Waals surface area contributed by atoms with Crippen LogP contribution in [0.2, 0.25) is 0 Å². The lowest BCUT2D eigenvalue weighted by Crippen LogP contribution is -2.08. The maximum absolute atomic E-state index is 13.1. The maximum atomic E-state index is 13.1. The molecule has 0 saturated carbocycles. The molecule has 0 bridgehead atoms. The Hall–Kier alpha value is -1.30. The Labute approximate surface area is 78.7 Å². The first-order chi connectivity index (χ1) is 6.60. The minimum absolute atomic E-state index is 0.185. The molecule has 0 aliphatic heterocycles. The van der Waals surface area contributed by atoms with Crippen LogP contribution in [0.5, 0.6) is 5.88 Å². The fourth-order valence-corrected chi connectivity index (χ4v) is 1.04. The molecule has 0 aliphatic carbocycles. The third-order valence-corrected chi connectivity index (χ3v) is 1.73.